The van der Waals surface area contributed by atoms with Crippen LogP contribution in [-0.2, 0) is 10.7 Å². The average molecular weight is 391 g/mol. The molecule has 0 aliphatic carbocycles. The first-order valence-corrected chi connectivity index (χ1v) is 10.9. The van der Waals surface area contributed by atoms with E-state index in [1.165, 1.54) is 0 Å². The number of para-hydroxylation sites is 1. The van der Waals surface area contributed by atoms with Gasteiger partial charge in [-0.05, 0) is 24.4 Å². The van der Waals surface area contributed by atoms with Gasteiger partial charge in [-0.25, -0.2) is 0 Å². The Morgan fingerprint density at radius 3 is 1.81 bits per heavy atom. The minimum absolute atomic E-state index is 0.281. The topological polar surface area (TPSA) is 50.7 Å². The third-order valence-corrected chi connectivity index (χ3v) is 7.73. The maximum atomic E-state index is 14.3. The zero-order valence-corrected chi connectivity index (χ0v) is 16.2. The second-order valence-electron chi connectivity index (χ2n) is 6.18. The van der Waals surface area contributed by atoms with Crippen molar-refractivity contribution in [1.82, 2.24) is 14.8 Å². The van der Waals surface area contributed by atoms with E-state index in [0.29, 0.717) is 10.6 Å². The Hall–Kier alpha value is -2.75. The SMILES string of the molecule is O=P(Cc1n[nH]c(=S)n1-c1ccccc1)(c1ccccc1)c1ccccc1. The molecule has 0 aliphatic heterocycles. The second kappa shape index (κ2) is 7.47. The highest BCUT2D eigenvalue weighted by Gasteiger charge is 2.30. The van der Waals surface area contributed by atoms with Crippen LogP contribution in [0, 0.1) is 4.77 Å². The van der Waals surface area contributed by atoms with Crippen LogP contribution in [0.15, 0.2) is 91.0 Å². The van der Waals surface area contributed by atoms with Gasteiger partial charge in [0.1, 0.15) is 5.82 Å². The Bertz CT molecular complexity index is 1090. The fourth-order valence-electron chi connectivity index (χ4n) is 3.15. The van der Waals surface area contributed by atoms with Crippen molar-refractivity contribution >= 4 is 30.0 Å². The van der Waals surface area contributed by atoms with Crippen LogP contribution >= 0.6 is 19.4 Å². The number of H-pyrrole nitrogens is 1. The molecule has 1 heterocycles. The summed E-state index contributed by atoms with van der Waals surface area (Å²) in [6, 6.07) is 29.0. The molecule has 4 rings (SSSR count). The second-order valence-corrected chi connectivity index (χ2v) is 9.40. The van der Waals surface area contributed by atoms with Crippen molar-refractivity contribution in [2.24, 2.45) is 0 Å². The summed E-state index contributed by atoms with van der Waals surface area (Å²) in [5.41, 5.74) is 0.902. The van der Waals surface area contributed by atoms with Crippen LogP contribution < -0.4 is 10.6 Å². The van der Waals surface area contributed by atoms with Gasteiger partial charge < -0.3 is 4.57 Å². The lowest BCUT2D eigenvalue weighted by Gasteiger charge is -2.19. The molecule has 4 nitrogen and oxygen atoms in total. The van der Waals surface area contributed by atoms with Gasteiger partial charge in [-0.3, -0.25) is 9.67 Å². The van der Waals surface area contributed by atoms with Gasteiger partial charge in [0.05, 0.1) is 6.16 Å². The first kappa shape index (κ1) is 17.7. The molecule has 1 N–H and O–H groups in total. The number of benzene rings is 3. The minimum atomic E-state index is -2.93. The Kier molecular flexibility index (Phi) is 4.88. The number of aromatic nitrogens is 3. The quantitative estimate of drug-likeness (QED) is 0.404. The molecule has 1 aromatic heterocycles. The third kappa shape index (κ3) is 3.44. The molecule has 0 saturated carbocycles. The highest BCUT2D eigenvalue weighted by Crippen LogP contribution is 2.46. The summed E-state index contributed by atoms with van der Waals surface area (Å²) >= 11 is 5.43. The van der Waals surface area contributed by atoms with E-state index < -0.39 is 7.14 Å². The molecule has 134 valence electrons. The fraction of sp³-hybridized carbons (Fsp3) is 0.0476. The monoisotopic (exact) mass is 391 g/mol. The maximum Gasteiger partial charge on any atom is 0.199 e. The van der Waals surface area contributed by atoms with Crippen LogP contribution in [0.25, 0.3) is 5.69 Å². The van der Waals surface area contributed by atoms with E-state index in [-0.39, 0.29) is 6.16 Å². The largest absolute Gasteiger partial charge is 0.313 e. The van der Waals surface area contributed by atoms with Crippen LogP contribution in [0.2, 0.25) is 0 Å². The van der Waals surface area contributed by atoms with Gasteiger partial charge in [-0.15, -0.1) is 0 Å². The van der Waals surface area contributed by atoms with Gasteiger partial charge >= 0.3 is 0 Å². The van der Waals surface area contributed by atoms with Crippen molar-refractivity contribution in [3.05, 3.63) is 102 Å². The number of hydrogen-bond acceptors (Lipinski definition) is 3. The molecule has 0 amide bonds. The lowest BCUT2D eigenvalue weighted by Crippen LogP contribution is -2.19. The highest BCUT2D eigenvalue weighted by atomic mass is 32.1. The fourth-order valence-corrected chi connectivity index (χ4v) is 5.99. The van der Waals surface area contributed by atoms with Crippen molar-refractivity contribution < 1.29 is 4.57 Å². The first-order chi connectivity index (χ1) is 13.2. The van der Waals surface area contributed by atoms with E-state index in [1.54, 1.807) is 0 Å². The maximum absolute atomic E-state index is 14.3. The van der Waals surface area contributed by atoms with Crippen molar-refractivity contribution in [2.75, 3.05) is 0 Å². The summed E-state index contributed by atoms with van der Waals surface area (Å²) in [6.45, 7) is 0. The highest BCUT2D eigenvalue weighted by molar-refractivity contribution is 7.78. The molecule has 0 fully saturated rings. The van der Waals surface area contributed by atoms with Crippen molar-refractivity contribution in [1.29, 1.82) is 0 Å². The van der Waals surface area contributed by atoms with Gasteiger partial charge in [-0.1, -0.05) is 78.9 Å². The number of rotatable bonds is 5. The zero-order chi connectivity index (χ0) is 18.7. The average Bonchev–Trinajstić information content (AvgIpc) is 3.09. The first-order valence-electron chi connectivity index (χ1n) is 8.60. The Morgan fingerprint density at radius 2 is 1.30 bits per heavy atom. The predicted molar refractivity (Wildman–Crippen MR) is 112 cm³/mol. The summed E-state index contributed by atoms with van der Waals surface area (Å²) in [5.74, 6) is 0.655. The van der Waals surface area contributed by atoms with E-state index in [9.17, 15) is 4.57 Å². The van der Waals surface area contributed by atoms with E-state index in [4.69, 9.17) is 12.2 Å². The number of nitrogens with one attached hydrogen (secondary N) is 1. The standard InChI is InChI=1S/C21H18N3OPS/c25-26(18-12-6-2-7-13-18,19-14-8-3-9-15-19)16-20-22-23-21(27)24(20)17-10-4-1-5-11-17/h1-15H,16H2,(H,23,27). The molecule has 0 radical (unpaired) electrons. The van der Waals surface area contributed by atoms with Crippen LogP contribution in [0.4, 0.5) is 0 Å². The molecule has 4 aromatic rings. The summed E-state index contributed by atoms with van der Waals surface area (Å²) in [4.78, 5) is 0. The minimum Gasteiger partial charge on any atom is -0.313 e. The predicted octanol–water partition coefficient (Wildman–Crippen LogP) is 4.44. The summed E-state index contributed by atoms with van der Waals surface area (Å²) in [7, 11) is -2.93. The third-order valence-electron chi connectivity index (χ3n) is 4.47. The Balaban J connectivity index is 1.86. The van der Waals surface area contributed by atoms with Gasteiger partial charge in [0.25, 0.3) is 0 Å². The van der Waals surface area contributed by atoms with Gasteiger partial charge in [-0.2, -0.15) is 5.10 Å². The van der Waals surface area contributed by atoms with Crippen molar-refractivity contribution in [3.63, 3.8) is 0 Å². The summed E-state index contributed by atoms with van der Waals surface area (Å²) < 4.78 is 16.6. The summed E-state index contributed by atoms with van der Waals surface area (Å²) in [5, 5.41) is 8.88. The van der Waals surface area contributed by atoms with Crippen LogP contribution in [0.5, 0.6) is 0 Å². The van der Waals surface area contributed by atoms with Crippen molar-refractivity contribution in [3.8, 4) is 5.69 Å². The number of nitrogens with zero attached hydrogens (tertiary/aromatic N) is 2. The van der Waals surface area contributed by atoms with E-state index in [0.717, 1.165) is 16.3 Å². The number of aromatic amines is 1. The van der Waals surface area contributed by atoms with Crippen LogP contribution in [-0.4, -0.2) is 14.8 Å². The molecule has 0 aliphatic rings. The summed E-state index contributed by atoms with van der Waals surface area (Å²) in [6.07, 6.45) is 0.281. The molecule has 3 aromatic carbocycles. The molecule has 0 unspecified atom stereocenters. The Labute approximate surface area is 162 Å². The molecule has 0 spiro atoms. The number of hydrogen-bond donors (Lipinski definition) is 1. The van der Waals surface area contributed by atoms with Crippen LogP contribution in [0.1, 0.15) is 5.82 Å². The van der Waals surface area contributed by atoms with E-state index in [1.807, 2.05) is 95.6 Å². The van der Waals surface area contributed by atoms with Crippen LogP contribution in [0.3, 0.4) is 0 Å². The van der Waals surface area contributed by atoms with E-state index in [2.05, 4.69) is 10.2 Å². The molecule has 0 atom stereocenters. The van der Waals surface area contributed by atoms with Gasteiger partial charge in [0.2, 0.25) is 0 Å². The molecular weight excluding hydrogens is 373 g/mol. The Morgan fingerprint density at radius 1 is 0.815 bits per heavy atom. The van der Waals surface area contributed by atoms with Crippen molar-refractivity contribution in [2.45, 2.75) is 6.16 Å². The molecule has 0 bridgehead atoms. The molecule has 27 heavy (non-hydrogen) atoms. The zero-order valence-electron chi connectivity index (χ0n) is 14.5. The molecule has 0 saturated heterocycles. The lowest BCUT2D eigenvalue weighted by molar-refractivity contribution is 0.585. The molecule has 6 heteroatoms. The molecular formula is C21H18N3OPS. The van der Waals surface area contributed by atoms with Gasteiger partial charge in [0.15, 0.2) is 11.9 Å². The van der Waals surface area contributed by atoms with E-state index >= 15 is 0 Å². The van der Waals surface area contributed by atoms with Gasteiger partial charge in [0, 0.05) is 16.3 Å². The lowest BCUT2D eigenvalue weighted by atomic mass is 10.3. The smallest absolute Gasteiger partial charge is 0.199 e. The normalized spacial score (nSPS) is 11.4.